The molecule has 0 saturated heterocycles. The van der Waals surface area contributed by atoms with E-state index in [0.29, 0.717) is 13.0 Å². The number of unbranched alkanes of at least 4 members (excludes halogenated alkanes) is 4. The van der Waals surface area contributed by atoms with Gasteiger partial charge in [-0.1, -0.05) is 19.3 Å². The van der Waals surface area contributed by atoms with Gasteiger partial charge in [0.1, 0.15) is 6.61 Å². The minimum absolute atomic E-state index is 0.0590. The number of nitrogens with zero attached hydrogens (tertiary/aromatic N) is 1. The summed E-state index contributed by atoms with van der Waals surface area (Å²) in [5.74, 6) is -0.278. The molecule has 0 aliphatic heterocycles. The number of rotatable bonds is 12. The summed E-state index contributed by atoms with van der Waals surface area (Å²) in [5, 5.41) is 21.3. The van der Waals surface area contributed by atoms with Crippen LogP contribution in [0.1, 0.15) is 52.4 Å². The number of aliphatic hydroxyl groups is 1. The fourth-order valence-electron chi connectivity index (χ4n) is 1.68. The van der Waals surface area contributed by atoms with Crippen LogP contribution in [0.3, 0.4) is 0 Å². The van der Waals surface area contributed by atoms with Gasteiger partial charge in [0.25, 0.3) is 0 Å². The van der Waals surface area contributed by atoms with Gasteiger partial charge in [0.05, 0.1) is 6.61 Å². The highest BCUT2D eigenvalue weighted by atomic mass is 16.6. The molecule has 3 N–H and O–H groups in total. The van der Waals surface area contributed by atoms with Crippen molar-refractivity contribution >= 4 is 12.1 Å². The number of hydroxylamine groups is 2. The summed E-state index contributed by atoms with van der Waals surface area (Å²) in [7, 11) is 1.41. The van der Waals surface area contributed by atoms with Gasteiger partial charge < -0.3 is 25.1 Å². The van der Waals surface area contributed by atoms with Crippen molar-refractivity contribution in [1.82, 2.24) is 10.4 Å². The third-order valence-corrected chi connectivity index (χ3v) is 3.30. The van der Waals surface area contributed by atoms with Gasteiger partial charge in [-0.25, -0.2) is 4.79 Å². The predicted molar refractivity (Wildman–Crippen MR) is 83.9 cm³/mol. The van der Waals surface area contributed by atoms with Crippen LogP contribution in [0.4, 0.5) is 4.79 Å². The summed E-state index contributed by atoms with van der Waals surface area (Å²) in [4.78, 5) is 22.7. The first-order valence-corrected chi connectivity index (χ1v) is 7.95. The number of nitrogens with one attached hydrogen (secondary N) is 1. The van der Waals surface area contributed by atoms with E-state index in [9.17, 15) is 14.8 Å². The van der Waals surface area contributed by atoms with Crippen molar-refractivity contribution in [2.24, 2.45) is 0 Å². The summed E-state index contributed by atoms with van der Waals surface area (Å²) in [6, 6.07) is 0. The third-order valence-electron chi connectivity index (χ3n) is 3.30. The van der Waals surface area contributed by atoms with E-state index in [1.165, 1.54) is 7.05 Å². The van der Waals surface area contributed by atoms with Crippen LogP contribution in [-0.4, -0.2) is 60.0 Å². The molecule has 0 aromatic rings. The number of hydrogen-bond acceptors (Lipinski definition) is 7. The Kier molecular flexibility index (Phi) is 11.4. The number of esters is 1. The zero-order valence-electron chi connectivity index (χ0n) is 14.3. The molecule has 136 valence electrons. The SMILES string of the molecule is CN(O)C(C)(C)OC(=O)NCCCCCCCC(=O)OCCO. The van der Waals surface area contributed by atoms with Crippen molar-refractivity contribution in [2.45, 2.75) is 58.1 Å². The van der Waals surface area contributed by atoms with Gasteiger partial charge in [-0.15, -0.1) is 0 Å². The van der Waals surface area contributed by atoms with E-state index in [0.717, 1.165) is 37.2 Å². The van der Waals surface area contributed by atoms with Crippen LogP contribution in [0.15, 0.2) is 0 Å². The van der Waals surface area contributed by atoms with Gasteiger partial charge in [0.2, 0.25) is 0 Å². The topological polar surface area (TPSA) is 108 Å². The van der Waals surface area contributed by atoms with Gasteiger partial charge in [0.15, 0.2) is 5.72 Å². The Balaban J connectivity index is 3.49. The number of aliphatic hydroxyl groups excluding tert-OH is 1. The van der Waals surface area contributed by atoms with E-state index in [4.69, 9.17) is 14.6 Å². The molecule has 8 heteroatoms. The maximum absolute atomic E-state index is 11.5. The van der Waals surface area contributed by atoms with Crippen LogP contribution in [0.2, 0.25) is 0 Å². The summed E-state index contributed by atoms with van der Waals surface area (Å²) in [6.07, 6.45) is 4.21. The monoisotopic (exact) mass is 334 g/mol. The lowest BCUT2D eigenvalue weighted by Gasteiger charge is -2.29. The van der Waals surface area contributed by atoms with Crippen LogP contribution in [0.25, 0.3) is 0 Å². The van der Waals surface area contributed by atoms with E-state index < -0.39 is 11.8 Å². The Labute approximate surface area is 137 Å². The number of alkyl carbamates (subject to hydrolysis) is 1. The molecule has 0 saturated carbocycles. The molecule has 0 heterocycles. The standard InChI is InChI=1S/C15H30N2O6/c1-15(2,17(3)21)23-14(20)16-10-8-6-4-5-7-9-13(19)22-12-11-18/h18,21H,4-12H2,1-3H3,(H,16,20). The molecule has 0 aliphatic carbocycles. The molecule has 0 fully saturated rings. The van der Waals surface area contributed by atoms with E-state index in [-0.39, 0.29) is 19.2 Å². The maximum Gasteiger partial charge on any atom is 0.408 e. The lowest BCUT2D eigenvalue weighted by Crippen LogP contribution is -2.45. The molecule has 0 radical (unpaired) electrons. The summed E-state index contributed by atoms with van der Waals surface area (Å²) >= 11 is 0. The lowest BCUT2D eigenvalue weighted by molar-refractivity contribution is -0.227. The number of carbonyl (C=O) groups excluding carboxylic acids is 2. The third kappa shape index (κ3) is 11.8. The second kappa shape index (κ2) is 12.1. The first-order chi connectivity index (χ1) is 10.8. The van der Waals surface area contributed by atoms with Crippen molar-refractivity contribution in [2.75, 3.05) is 26.8 Å². The number of carbonyl (C=O) groups is 2. The first kappa shape index (κ1) is 21.6. The average molecular weight is 334 g/mol. The molecule has 0 spiro atoms. The Hall–Kier alpha value is -1.38. The molecule has 0 bridgehead atoms. The van der Waals surface area contributed by atoms with Crippen LogP contribution in [0.5, 0.6) is 0 Å². The molecule has 0 aromatic heterocycles. The Bertz CT molecular complexity index is 347. The normalized spacial score (nSPS) is 11.4. The lowest BCUT2D eigenvalue weighted by atomic mass is 10.1. The Morgan fingerprint density at radius 3 is 2.35 bits per heavy atom. The summed E-state index contributed by atoms with van der Waals surface area (Å²) in [6.45, 7) is 3.58. The van der Waals surface area contributed by atoms with Crippen LogP contribution < -0.4 is 5.32 Å². The Morgan fingerprint density at radius 2 is 1.74 bits per heavy atom. The highest BCUT2D eigenvalue weighted by Crippen LogP contribution is 2.11. The highest BCUT2D eigenvalue weighted by molar-refractivity contribution is 5.69. The molecule has 0 atom stereocenters. The fourth-order valence-corrected chi connectivity index (χ4v) is 1.68. The number of amides is 1. The highest BCUT2D eigenvalue weighted by Gasteiger charge is 2.26. The molecule has 0 aliphatic rings. The second-order valence-electron chi connectivity index (χ2n) is 5.75. The zero-order valence-corrected chi connectivity index (χ0v) is 14.3. The molecule has 0 unspecified atom stereocenters. The van der Waals surface area contributed by atoms with E-state index in [1.54, 1.807) is 13.8 Å². The van der Waals surface area contributed by atoms with Crippen molar-refractivity contribution in [3.05, 3.63) is 0 Å². The summed E-state index contributed by atoms with van der Waals surface area (Å²) < 4.78 is 9.81. The van der Waals surface area contributed by atoms with Crippen LogP contribution >= 0.6 is 0 Å². The van der Waals surface area contributed by atoms with Crippen LogP contribution in [0, 0.1) is 0 Å². The maximum atomic E-state index is 11.5. The van der Waals surface area contributed by atoms with E-state index in [2.05, 4.69) is 5.32 Å². The smallest absolute Gasteiger partial charge is 0.408 e. The van der Waals surface area contributed by atoms with Gasteiger partial charge in [-0.05, 0) is 26.7 Å². The average Bonchev–Trinajstić information content (AvgIpc) is 2.47. The van der Waals surface area contributed by atoms with Gasteiger partial charge >= 0.3 is 12.1 Å². The van der Waals surface area contributed by atoms with Gasteiger partial charge in [-0.2, -0.15) is 5.06 Å². The molecule has 1 amide bonds. The van der Waals surface area contributed by atoms with Crippen LogP contribution in [-0.2, 0) is 14.3 Å². The number of hydrogen-bond donors (Lipinski definition) is 3. The molecule has 0 aromatic carbocycles. The minimum atomic E-state index is -1.07. The summed E-state index contributed by atoms with van der Waals surface area (Å²) in [5.41, 5.74) is -1.07. The van der Waals surface area contributed by atoms with Crippen molar-refractivity contribution in [3.8, 4) is 0 Å². The molecular weight excluding hydrogens is 304 g/mol. The first-order valence-electron chi connectivity index (χ1n) is 7.95. The fraction of sp³-hybridized carbons (Fsp3) is 0.867. The van der Waals surface area contributed by atoms with E-state index in [1.807, 2.05) is 0 Å². The minimum Gasteiger partial charge on any atom is -0.463 e. The Morgan fingerprint density at radius 1 is 1.13 bits per heavy atom. The molecule has 0 rings (SSSR count). The molecular formula is C15H30N2O6. The largest absolute Gasteiger partial charge is 0.463 e. The number of ether oxygens (including phenoxy) is 2. The van der Waals surface area contributed by atoms with Crippen molar-refractivity contribution < 1.29 is 29.4 Å². The zero-order chi connectivity index (χ0) is 17.7. The van der Waals surface area contributed by atoms with Crippen molar-refractivity contribution in [1.29, 1.82) is 0 Å². The van der Waals surface area contributed by atoms with E-state index >= 15 is 0 Å². The second-order valence-corrected chi connectivity index (χ2v) is 5.75. The van der Waals surface area contributed by atoms with Gasteiger partial charge in [0, 0.05) is 20.0 Å². The molecule has 8 nitrogen and oxygen atoms in total. The van der Waals surface area contributed by atoms with Gasteiger partial charge in [-0.3, -0.25) is 4.79 Å². The quantitative estimate of drug-likeness (QED) is 0.215. The van der Waals surface area contributed by atoms with Crippen molar-refractivity contribution in [3.63, 3.8) is 0 Å². The predicted octanol–water partition coefficient (Wildman–Crippen LogP) is 1.65. The molecule has 23 heavy (non-hydrogen) atoms.